The lowest BCUT2D eigenvalue weighted by molar-refractivity contribution is 0.517. The number of rotatable bonds is 5. The Kier molecular flexibility index (Phi) is 5.16. The second-order valence-electron chi connectivity index (χ2n) is 4.29. The van der Waals surface area contributed by atoms with Gasteiger partial charge in [0.05, 0.1) is 0 Å². The summed E-state index contributed by atoms with van der Waals surface area (Å²) in [6.45, 7) is 0. The fourth-order valence-electron chi connectivity index (χ4n) is 1.94. The molecule has 1 heterocycles. The summed E-state index contributed by atoms with van der Waals surface area (Å²) in [7, 11) is 0. The Morgan fingerprint density at radius 2 is 1.79 bits per heavy atom. The SMILES string of the molecule is NNC(Cc1ccccn1)Cc1c(Cl)cccc1Cl. The maximum Gasteiger partial charge on any atom is 0.0453 e. The second kappa shape index (κ2) is 6.87. The number of halogens is 2. The van der Waals surface area contributed by atoms with Gasteiger partial charge >= 0.3 is 0 Å². The van der Waals surface area contributed by atoms with E-state index in [1.54, 1.807) is 6.20 Å². The number of hydrogen-bond acceptors (Lipinski definition) is 3. The third-order valence-corrected chi connectivity index (χ3v) is 3.64. The average molecular weight is 296 g/mol. The van der Waals surface area contributed by atoms with Crippen LogP contribution in [0.1, 0.15) is 11.3 Å². The number of nitrogens with zero attached hydrogens (tertiary/aromatic N) is 1. The summed E-state index contributed by atoms with van der Waals surface area (Å²) < 4.78 is 0. The highest BCUT2D eigenvalue weighted by Crippen LogP contribution is 2.25. The molecule has 2 aromatic rings. The molecule has 0 radical (unpaired) electrons. The number of hydrazine groups is 1. The summed E-state index contributed by atoms with van der Waals surface area (Å²) in [6, 6.07) is 11.3. The molecule has 19 heavy (non-hydrogen) atoms. The summed E-state index contributed by atoms with van der Waals surface area (Å²) in [5.41, 5.74) is 4.68. The van der Waals surface area contributed by atoms with E-state index in [-0.39, 0.29) is 6.04 Å². The van der Waals surface area contributed by atoms with Crippen molar-refractivity contribution in [3.8, 4) is 0 Å². The summed E-state index contributed by atoms with van der Waals surface area (Å²) in [4.78, 5) is 4.29. The highest BCUT2D eigenvalue weighted by molar-refractivity contribution is 6.36. The van der Waals surface area contributed by atoms with E-state index in [1.165, 1.54) is 0 Å². The zero-order valence-corrected chi connectivity index (χ0v) is 11.8. The monoisotopic (exact) mass is 295 g/mol. The van der Waals surface area contributed by atoms with E-state index >= 15 is 0 Å². The molecule has 0 spiro atoms. The van der Waals surface area contributed by atoms with Crippen LogP contribution in [0.3, 0.4) is 0 Å². The minimum Gasteiger partial charge on any atom is -0.271 e. The molecule has 0 fully saturated rings. The third kappa shape index (κ3) is 3.91. The van der Waals surface area contributed by atoms with Gasteiger partial charge in [0.25, 0.3) is 0 Å². The molecule has 1 aromatic carbocycles. The molecule has 0 saturated carbocycles. The van der Waals surface area contributed by atoms with Crippen molar-refractivity contribution < 1.29 is 0 Å². The second-order valence-corrected chi connectivity index (χ2v) is 5.11. The molecule has 0 saturated heterocycles. The fourth-order valence-corrected chi connectivity index (χ4v) is 2.49. The first kappa shape index (κ1) is 14.3. The summed E-state index contributed by atoms with van der Waals surface area (Å²) in [5, 5.41) is 1.32. The van der Waals surface area contributed by atoms with Gasteiger partial charge in [-0.1, -0.05) is 35.3 Å². The van der Waals surface area contributed by atoms with Gasteiger partial charge in [0, 0.05) is 34.4 Å². The Bertz CT molecular complexity index is 511. The average Bonchev–Trinajstić information content (AvgIpc) is 2.43. The van der Waals surface area contributed by atoms with Crippen LogP contribution in [-0.2, 0) is 12.8 Å². The van der Waals surface area contributed by atoms with Crippen molar-refractivity contribution in [2.45, 2.75) is 18.9 Å². The van der Waals surface area contributed by atoms with Gasteiger partial charge in [-0.3, -0.25) is 16.3 Å². The number of benzene rings is 1. The lowest BCUT2D eigenvalue weighted by Gasteiger charge is -2.17. The maximum absolute atomic E-state index is 6.16. The Hall–Kier alpha value is -1.13. The Morgan fingerprint density at radius 1 is 1.05 bits per heavy atom. The van der Waals surface area contributed by atoms with E-state index in [0.717, 1.165) is 17.7 Å². The molecule has 2 rings (SSSR count). The minimum absolute atomic E-state index is 0.0345. The van der Waals surface area contributed by atoms with E-state index in [1.807, 2.05) is 36.4 Å². The molecule has 0 bridgehead atoms. The van der Waals surface area contributed by atoms with Crippen molar-refractivity contribution >= 4 is 23.2 Å². The Morgan fingerprint density at radius 3 is 2.37 bits per heavy atom. The molecular formula is C14H15Cl2N3. The number of aromatic nitrogens is 1. The molecule has 1 atom stereocenters. The van der Waals surface area contributed by atoms with E-state index in [0.29, 0.717) is 16.5 Å². The maximum atomic E-state index is 6.16. The minimum atomic E-state index is 0.0345. The Balaban J connectivity index is 2.11. The number of nitrogens with two attached hydrogens (primary N) is 1. The topological polar surface area (TPSA) is 50.9 Å². The fraction of sp³-hybridized carbons (Fsp3) is 0.214. The third-order valence-electron chi connectivity index (χ3n) is 2.93. The van der Waals surface area contributed by atoms with Crippen molar-refractivity contribution in [2.24, 2.45) is 5.84 Å². The predicted molar refractivity (Wildman–Crippen MR) is 79.2 cm³/mol. The van der Waals surface area contributed by atoms with Crippen molar-refractivity contribution in [3.63, 3.8) is 0 Å². The van der Waals surface area contributed by atoms with E-state index in [2.05, 4.69) is 10.4 Å². The van der Waals surface area contributed by atoms with Crippen molar-refractivity contribution in [1.29, 1.82) is 0 Å². The molecule has 0 aliphatic rings. The zero-order chi connectivity index (χ0) is 13.7. The number of hydrogen-bond donors (Lipinski definition) is 2. The van der Waals surface area contributed by atoms with Crippen LogP contribution in [0, 0.1) is 0 Å². The lowest BCUT2D eigenvalue weighted by Crippen LogP contribution is -2.38. The highest BCUT2D eigenvalue weighted by atomic mass is 35.5. The molecule has 1 aromatic heterocycles. The zero-order valence-electron chi connectivity index (χ0n) is 10.3. The van der Waals surface area contributed by atoms with E-state index in [4.69, 9.17) is 29.0 Å². The van der Waals surface area contributed by atoms with Crippen LogP contribution in [0.25, 0.3) is 0 Å². The lowest BCUT2D eigenvalue weighted by atomic mass is 10.0. The first-order chi connectivity index (χ1) is 9.20. The van der Waals surface area contributed by atoms with Gasteiger partial charge in [-0.25, -0.2) is 0 Å². The van der Waals surface area contributed by atoms with Gasteiger partial charge in [-0.05, 0) is 36.2 Å². The van der Waals surface area contributed by atoms with Gasteiger partial charge in [-0.2, -0.15) is 0 Å². The largest absolute Gasteiger partial charge is 0.271 e. The molecule has 3 N–H and O–H groups in total. The molecule has 5 heteroatoms. The van der Waals surface area contributed by atoms with Crippen LogP contribution >= 0.6 is 23.2 Å². The van der Waals surface area contributed by atoms with Crippen molar-refractivity contribution in [2.75, 3.05) is 0 Å². The van der Waals surface area contributed by atoms with Crippen LogP contribution in [0.15, 0.2) is 42.6 Å². The van der Waals surface area contributed by atoms with Crippen LogP contribution in [0.4, 0.5) is 0 Å². The molecule has 0 aliphatic heterocycles. The van der Waals surface area contributed by atoms with Gasteiger partial charge in [0.2, 0.25) is 0 Å². The van der Waals surface area contributed by atoms with E-state index < -0.39 is 0 Å². The molecule has 1 unspecified atom stereocenters. The van der Waals surface area contributed by atoms with Gasteiger partial charge in [-0.15, -0.1) is 0 Å². The van der Waals surface area contributed by atoms with Crippen LogP contribution in [0.5, 0.6) is 0 Å². The molecule has 0 amide bonds. The molecular weight excluding hydrogens is 281 g/mol. The first-order valence-electron chi connectivity index (χ1n) is 5.99. The summed E-state index contributed by atoms with van der Waals surface area (Å²) >= 11 is 12.3. The smallest absolute Gasteiger partial charge is 0.0453 e. The Labute approximate surface area is 122 Å². The van der Waals surface area contributed by atoms with Gasteiger partial charge < -0.3 is 0 Å². The standard InChI is InChI=1S/C14H15Cl2N3/c15-13-5-3-6-14(16)12(13)9-11(19-17)8-10-4-1-2-7-18-10/h1-7,11,19H,8-9,17H2. The molecule has 0 aliphatic carbocycles. The first-order valence-corrected chi connectivity index (χ1v) is 6.75. The molecule has 100 valence electrons. The van der Waals surface area contributed by atoms with E-state index in [9.17, 15) is 0 Å². The quantitative estimate of drug-likeness (QED) is 0.658. The number of nitrogens with one attached hydrogen (secondary N) is 1. The van der Waals surface area contributed by atoms with Crippen molar-refractivity contribution in [1.82, 2.24) is 10.4 Å². The van der Waals surface area contributed by atoms with Gasteiger partial charge in [0.15, 0.2) is 0 Å². The van der Waals surface area contributed by atoms with Crippen molar-refractivity contribution in [3.05, 3.63) is 63.9 Å². The number of pyridine rings is 1. The molecule has 3 nitrogen and oxygen atoms in total. The van der Waals surface area contributed by atoms with Crippen LogP contribution < -0.4 is 11.3 Å². The van der Waals surface area contributed by atoms with Gasteiger partial charge in [0.1, 0.15) is 0 Å². The highest BCUT2D eigenvalue weighted by Gasteiger charge is 2.14. The van der Waals surface area contributed by atoms with Crippen LogP contribution in [0.2, 0.25) is 10.0 Å². The normalized spacial score (nSPS) is 12.4. The summed E-state index contributed by atoms with van der Waals surface area (Å²) in [6.07, 6.45) is 3.15. The summed E-state index contributed by atoms with van der Waals surface area (Å²) in [5.74, 6) is 5.60. The predicted octanol–water partition coefficient (Wildman–Crippen LogP) is 3.01. The van der Waals surface area contributed by atoms with Crippen LogP contribution in [-0.4, -0.2) is 11.0 Å².